The van der Waals surface area contributed by atoms with E-state index < -0.39 is 0 Å². The first-order valence-electron chi connectivity index (χ1n) is 5.59. The van der Waals surface area contributed by atoms with Crippen molar-refractivity contribution in [1.82, 2.24) is 10.3 Å². The van der Waals surface area contributed by atoms with Gasteiger partial charge in [0.25, 0.3) is 0 Å². The first-order chi connectivity index (χ1) is 7.93. The van der Waals surface area contributed by atoms with E-state index in [9.17, 15) is 0 Å². The maximum absolute atomic E-state index is 4.07. The molecule has 0 saturated heterocycles. The third kappa shape index (κ3) is 1.88. The van der Waals surface area contributed by atoms with Crippen LogP contribution in [0, 0.1) is 0 Å². The van der Waals surface area contributed by atoms with Gasteiger partial charge < -0.3 is 5.32 Å². The minimum absolute atomic E-state index is 0.712. The molecule has 1 aromatic carbocycles. The minimum atomic E-state index is 0.712. The van der Waals surface area contributed by atoms with E-state index in [0.717, 1.165) is 13.1 Å². The third-order valence-corrected chi connectivity index (χ3v) is 3.91. The standard InChI is InChI=1S/C13H14N2S/c1-2-4-13-10(3-1)5-11(13)6-14-7-12-8-15-9-16-12/h1-4,8-9,11,14H,5-7H2. The van der Waals surface area contributed by atoms with Crippen LogP contribution in [0.1, 0.15) is 21.9 Å². The van der Waals surface area contributed by atoms with Crippen LogP contribution in [-0.2, 0) is 13.0 Å². The Balaban J connectivity index is 1.52. The van der Waals surface area contributed by atoms with Crippen LogP contribution in [0.3, 0.4) is 0 Å². The lowest BCUT2D eigenvalue weighted by atomic mass is 9.78. The molecule has 0 spiro atoms. The van der Waals surface area contributed by atoms with Gasteiger partial charge >= 0.3 is 0 Å². The fourth-order valence-electron chi connectivity index (χ4n) is 2.24. The van der Waals surface area contributed by atoms with Crippen LogP contribution in [0.25, 0.3) is 0 Å². The van der Waals surface area contributed by atoms with Gasteiger partial charge in [-0.05, 0) is 17.5 Å². The van der Waals surface area contributed by atoms with Gasteiger partial charge in [0.15, 0.2) is 0 Å². The second-order valence-corrected chi connectivity index (χ2v) is 5.17. The van der Waals surface area contributed by atoms with Gasteiger partial charge in [-0.2, -0.15) is 0 Å². The molecule has 3 heteroatoms. The molecule has 1 aromatic heterocycles. The maximum Gasteiger partial charge on any atom is 0.0794 e. The Labute approximate surface area is 99.4 Å². The monoisotopic (exact) mass is 230 g/mol. The summed E-state index contributed by atoms with van der Waals surface area (Å²) < 4.78 is 0. The van der Waals surface area contributed by atoms with Gasteiger partial charge in [-0.3, -0.25) is 4.98 Å². The van der Waals surface area contributed by atoms with Crippen LogP contribution >= 0.6 is 11.3 Å². The number of nitrogens with one attached hydrogen (secondary N) is 1. The van der Waals surface area contributed by atoms with Crippen molar-refractivity contribution in [1.29, 1.82) is 0 Å². The number of thiazole rings is 1. The minimum Gasteiger partial charge on any atom is -0.311 e. The number of hydrogen-bond acceptors (Lipinski definition) is 3. The number of hydrogen-bond donors (Lipinski definition) is 1. The Morgan fingerprint density at radius 2 is 2.31 bits per heavy atom. The van der Waals surface area contributed by atoms with Gasteiger partial charge in [0.1, 0.15) is 0 Å². The fourth-order valence-corrected chi connectivity index (χ4v) is 2.81. The lowest BCUT2D eigenvalue weighted by Gasteiger charge is -2.30. The molecule has 1 aliphatic rings. The van der Waals surface area contributed by atoms with Crippen molar-refractivity contribution in [2.75, 3.05) is 6.54 Å². The molecular formula is C13H14N2S. The number of nitrogens with zero attached hydrogens (tertiary/aromatic N) is 1. The average Bonchev–Trinajstić information content (AvgIpc) is 2.77. The zero-order chi connectivity index (χ0) is 10.8. The Hall–Kier alpha value is -1.19. The number of rotatable bonds is 4. The summed E-state index contributed by atoms with van der Waals surface area (Å²) in [5.74, 6) is 0.712. The van der Waals surface area contributed by atoms with Crippen molar-refractivity contribution < 1.29 is 0 Å². The molecule has 1 aliphatic carbocycles. The van der Waals surface area contributed by atoms with Crippen molar-refractivity contribution in [2.45, 2.75) is 18.9 Å². The lowest BCUT2D eigenvalue weighted by Crippen LogP contribution is -2.28. The average molecular weight is 230 g/mol. The molecule has 2 aromatic rings. The summed E-state index contributed by atoms with van der Waals surface area (Å²) in [4.78, 5) is 5.38. The highest BCUT2D eigenvalue weighted by Gasteiger charge is 2.24. The first kappa shape index (κ1) is 10.00. The normalized spacial score (nSPS) is 17.9. The summed E-state index contributed by atoms with van der Waals surface area (Å²) in [6, 6.07) is 8.74. The SMILES string of the molecule is c1ccc2c(c1)CC2CNCc1cncs1. The summed E-state index contributed by atoms with van der Waals surface area (Å²) in [6.07, 6.45) is 3.16. The van der Waals surface area contributed by atoms with Crippen LogP contribution in [0.2, 0.25) is 0 Å². The molecule has 0 saturated carbocycles. The van der Waals surface area contributed by atoms with Gasteiger partial charge in [-0.25, -0.2) is 0 Å². The van der Waals surface area contributed by atoms with Crippen LogP contribution in [-0.4, -0.2) is 11.5 Å². The van der Waals surface area contributed by atoms with E-state index in [1.54, 1.807) is 11.3 Å². The summed E-state index contributed by atoms with van der Waals surface area (Å²) in [7, 11) is 0. The molecule has 1 N–H and O–H groups in total. The summed E-state index contributed by atoms with van der Waals surface area (Å²) >= 11 is 1.71. The molecule has 16 heavy (non-hydrogen) atoms. The zero-order valence-electron chi connectivity index (χ0n) is 9.02. The van der Waals surface area contributed by atoms with Crippen LogP contribution in [0.15, 0.2) is 36.0 Å². The Morgan fingerprint density at radius 1 is 1.38 bits per heavy atom. The summed E-state index contributed by atoms with van der Waals surface area (Å²) in [5.41, 5.74) is 4.93. The van der Waals surface area contributed by atoms with Gasteiger partial charge in [0.2, 0.25) is 0 Å². The van der Waals surface area contributed by atoms with Crippen molar-refractivity contribution in [3.63, 3.8) is 0 Å². The van der Waals surface area contributed by atoms with Crippen LogP contribution in [0.5, 0.6) is 0 Å². The van der Waals surface area contributed by atoms with Gasteiger partial charge in [0, 0.05) is 30.1 Å². The van der Waals surface area contributed by atoms with Crippen LogP contribution in [0.4, 0.5) is 0 Å². The van der Waals surface area contributed by atoms with E-state index in [2.05, 4.69) is 34.6 Å². The molecule has 0 radical (unpaired) electrons. The van der Waals surface area contributed by atoms with Gasteiger partial charge in [0.05, 0.1) is 5.51 Å². The van der Waals surface area contributed by atoms with E-state index >= 15 is 0 Å². The van der Waals surface area contributed by atoms with E-state index in [0.29, 0.717) is 5.92 Å². The second-order valence-electron chi connectivity index (χ2n) is 4.20. The lowest BCUT2D eigenvalue weighted by molar-refractivity contribution is 0.537. The van der Waals surface area contributed by atoms with E-state index in [1.807, 2.05) is 11.7 Å². The predicted molar refractivity (Wildman–Crippen MR) is 66.7 cm³/mol. The third-order valence-electron chi connectivity index (χ3n) is 3.13. The smallest absolute Gasteiger partial charge is 0.0794 e. The Kier molecular flexibility index (Phi) is 2.72. The molecule has 1 heterocycles. The van der Waals surface area contributed by atoms with Crippen LogP contribution < -0.4 is 5.32 Å². The highest BCUT2D eigenvalue weighted by Crippen LogP contribution is 2.33. The molecular weight excluding hydrogens is 216 g/mol. The first-order valence-corrected chi connectivity index (χ1v) is 6.47. The highest BCUT2D eigenvalue weighted by atomic mass is 32.1. The Morgan fingerprint density at radius 3 is 3.12 bits per heavy atom. The molecule has 1 unspecified atom stereocenters. The molecule has 0 aliphatic heterocycles. The summed E-state index contributed by atoms with van der Waals surface area (Å²) in [5, 5.41) is 3.50. The van der Waals surface area contributed by atoms with Gasteiger partial charge in [-0.1, -0.05) is 24.3 Å². The largest absolute Gasteiger partial charge is 0.311 e. The number of aromatic nitrogens is 1. The van der Waals surface area contributed by atoms with Crippen molar-refractivity contribution in [3.05, 3.63) is 52.0 Å². The Bertz CT molecular complexity index is 465. The zero-order valence-corrected chi connectivity index (χ0v) is 9.83. The van der Waals surface area contributed by atoms with E-state index in [-0.39, 0.29) is 0 Å². The highest BCUT2D eigenvalue weighted by molar-refractivity contribution is 7.09. The fraction of sp³-hybridized carbons (Fsp3) is 0.308. The maximum atomic E-state index is 4.07. The topological polar surface area (TPSA) is 24.9 Å². The molecule has 0 fully saturated rings. The van der Waals surface area contributed by atoms with E-state index in [4.69, 9.17) is 0 Å². The second kappa shape index (κ2) is 4.36. The van der Waals surface area contributed by atoms with Gasteiger partial charge in [-0.15, -0.1) is 11.3 Å². The molecule has 2 nitrogen and oxygen atoms in total. The van der Waals surface area contributed by atoms with Crippen molar-refractivity contribution in [2.24, 2.45) is 0 Å². The molecule has 0 amide bonds. The molecule has 0 bridgehead atoms. The summed E-state index contributed by atoms with van der Waals surface area (Å²) in [6.45, 7) is 2.03. The molecule has 1 atom stereocenters. The predicted octanol–water partition coefficient (Wildman–Crippen LogP) is 2.57. The van der Waals surface area contributed by atoms with Crippen molar-refractivity contribution in [3.8, 4) is 0 Å². The van der Waals surface area contributed by atoms with E-state index in [1.165, 1.54) is 22.4 Å². The molecule has 3 rings (SSSR count). The number of benzene rings is 1. The van der Waals surface area contributed by atoms with Crippen molar-refractivity contribution >= 4 is 11.3 Å². The molecule has 82 valence electrons. The number of fused-ring (bicyclic) bond motifs is 1. The quantitative estimate of drug-likeness (QED) is 0.873.